The number of carboxylic acid groups (broad SMARTS) is 1. The Balaban J connectivity index is 2.40. The molecule has 0 fully saturated rings. The number of para-hydroxylation sites is 1. The van der Waals surface area contributed by atoms with E-state index in [1.165, 1.54) is 5.56 Å². The average molecular weight is 263 g/mol. The second-order valence-corrected chi connectivity index (χ2v) is 5.95. The van der Waals surface area contributed by atoms with E-state index >= 15 is 0 Å². The molecule has 1 unspecified atom stereocenters. The summed E-state index contributed by atoms with van der Waals surface area (Å²) in [5.41, 5.74) is 1.92. The van der Waals surface area contributed by atoms with E-state index in [1.54, 1.807) is 0 Å². The van der Waals surface area contributed by atoms with Crippen molar-refractivity contribution in [3.63, 3.8) is 0 Å². The van der Waals surface area contributed by atoms with Gasteiger partial charge in [-0.2, -0.15) is 0 Å². The van der Waals surface area contributed by atoms with Crippen LogP contribution in [-0.4, -0.2) is 35.7 Å². The molecule has 1 aromatic rings. The minimum Gasteiger partial charge on any atom is -0.487 e. The molecule has 0 amide bonds. The Morgan fingerprint density at radius 2 is 2.16 bits per heavy atom. The number of hydrogen-bond donors (Lipinski definition) is 1. The van der Waals surface area contributed by atoms with Gasteiger partial charge >= 0.3 is 5.97 Å². The van der Waals surface area contributed by atoms with E-state index in [4.69, 9.17) is 9.84 Å². The molecule has 0 spiro atoms. The molecule has 1 aromatic carbocycles. The molecule has 0 aromatic heterocycles. The standard InChI is InChI=1S/C15H21NO3/c1-15(2)9-10-6-5-7-11(14(10)19-15)12(16(3)4)8-13(17)18/h5-7,12H,8-9H2,1-4H3,(H,17,18). The maximum absolute atomic E-state index is 11.0. The first kappa shape index (κ1) is 13.9. The van der Waals surface area contributed by atoms with E-state index in [-0.39, 0.29) is 18.1 Å². The number of hydrogen-bond acceptors (Lipinski definition) is 3. The molecule has 2 rings (SSSR count). The first-order valence-electron chi connectivity index (χ1n) is 6.49. The summed E-state index contributed by atoms with van der Waals surface area (Å²) < 4.78 is 6.02. The van der Waals surface area contributed by atoms with Gasteiger partial charge in [0.25, 0.3) is 0 Å². The summed E-state index contributed by atoms with van der Waals surface area (Å²) >= 11 is 0. The second-order valence-electron chi connectivity index (χ2n) is 5.95. The van der Waals surface area contributed by atoms with Crippen molar-refractivity contribution in [2.24, 2.45) is 0 Å². The second kappa shape index (κ2) is 4.85. The lowest BCUT2D eigenvalue weighted by Gasteiger charge is -2.26. The molecule has 19 heavy (non-hydrogen) atoms. The normalized spacial score (nSPS) is 17.9. The molecule has 1 atom stereocenters. The van der Waals surface area contributed by atoms with Crippen molar-refractivity contribution in [2.75, 3.05) is 14.1 Å². The molecule has 1 aliphatic rings. The molecular weight excluding hydrogens is 242 g/mol. The monoisotopic (exact) mass is 263 g/mol. The van der Waals surface area contributed by atoms with Gasteiger partial charge in [-0.3, -0.25) is 4.79 Å². The minimum absolute atomic E-state index is 0.0766. The number of carboxylic acids is 1. The fourth-order valence-corrected chi connectivity index (χ4v) is 2.64. The Morgan fingerprint density at radius 1 is 1.47 bits per heavy atom. The molecule has 104 valence electrons. The number of fused-ring (bicyclic) bond motifs is 1. The van der Waals surface area contributed by atoms with Crippen molar-refractivity contribution in [1.82, 2.24) is 4.90 Å². The van der Waals surface area contributed by atoms with Crippen molar-refractivity contribution in [1.29, 1.82) is 0 Å². The lowest BCUT2D eigenvalue weighted by molar-refractivity contribution is -0.138. The van der Waals surface area contributed by atoms with Crippen LogP contribution in [0.3, 0.4) is 0 Å². The van der Waals surface area contributed by atoms with Crippen LogP contribution in [0, 0.1) is 0 Å². The van der Waals surface area contributed by atoms with Crippen LogP contribution in [0.25, 0.3) is 0 Å². The van der Waals surface area contributed by atoms with E-state index in [0.29, 0.717) is 0 Å². The average Bonchev–Trinajstić information content (AvgIpc) is 2.59. The maximum Gasteiger partial charge on any atom is 0.305 e. The molecule has 1 N–H and O–H groups in total. The van der Waals surface area contributed by atoms with Crippen LogP contribution >= 0.6 is 0 Å². The summed E-state index contributed by atoms with van der Waals surface area (Å²) in [6, 6.07) is 5.84. The van der Waals surface area contributed by atoms with Gasteiger partial charge in [-0.25, -0.2) is 0 Å². The zero-order valence-electron chi connectivity index (χ0n) is 11.9. The number of ether oxygens (including phenoxy) is 1. The molecule has 0 bridgehead atoms. The highest BCUT2D eigenvalue weighted by Gasteiger charge is 2.34. The summed E-state index contributed by atoms with van der Waals surface area (Å²) in [4.78, 5) is 13.0. The quantitative estimate of drug-likeness (QED) is 0.906. The Morgan fingerprint density at radius 3 is 2.74 bits per heavy atom. The van der Waals surface area contributed by atoms with Crippen LogP contribution in [0.1, 0.15) is 37.4 Å². The van der Waals surface area contributed by atoms with Crippen LogP contribution in [0.5, 0.6) is 5.75 Å². The first-order chi connectivity index (χ1) is 8.80. The third-order valence-electron chi connectivity index (χ3n) is 3.47. The molecule has 1 aliphatic heterocycles. The highest BCUT2D eigenvalue weighted by molar-refractivity contribution is 5.68. The van der Waals surface area contributed by atoms with E-state index in [1.807, 2.05) is 31.1 Å². The fourth-order valence-electron chi connectivity index (χ4n) is 2.64. The van der Waals surface area contributed by atoms with E-state index in [0.717, 1.165) is 17.7 Å². The van der Waals surface area contributed by atoms with Gasteiger partial charge in [0.1, 0.15) is 11.4 Å². The SMILES string of the molecule is CN(C)C(CC(=O)O)c1cccc2c1OC(C)(C)C2. The van der Waals surface area contributed by atoms with E-state index < -0.39 is 5.97 Å². The number of aliphatic carboxylic acids is 1. The topological polar surface area (TPSA) is 49.8 Å². The van der Waals surface area contributed by atoms with Crippen molar-refractivity contribution in [3.05, 3.63) is 29.3 Å². The van der Waals surface area contributed by atoms with Crippen LogP contribution < -0.4 is 4.74 Å². The van der Waals surface area contributed by atoms with E-state index in [9.17, 15) is 4.79 Å². The zero-order valence-corrected chi connectivity index (χ0v) is 11.9. The minimum atomic E-state index is -0.798. The third-order valence-corrected chi connectivity index (χ3v) is 3.47. The lowest BCUT2D eigenvalue weighted by atomic mass is 9.96. The highest BCUT2D eigenvalue weighted by atomic mass is 16.5. The van der Waals surface area contributed by atoms with Crippen LogP contribution in [0.4, 0.5) is 0 Å². The largest absolute Gasteiger partial charge is 0.487 e. The molecule has 0 aliphatic carbocycles. The Hall–Kier alpha value is -1.55. The predicted octanol–water partition coefficient (Wildman–Crippen LogP) is 2.48. The van der Waals surface area contributed by atoms with Crippen molar-refractivity contribution in [3.8, 4) is 5.75 Å². The third kappa shape index (κ3) is 2.89. The number of rotatable bonds is 4. The number of nitrogens with zero attached hydrogens (tertiary/aromatic N) is 1. The van der Waals surface area contributed by atoms with Gasteiger partial charge in [0, 0.05) is 18.0 Å². The van der Waals surface area contributed by atoms with Gasteiger partial charge in [-0.05, 0) is 33.5 Å². The van der Waals surface area contributed by atoms with E-state index in [2.05, 4.69) is 19.9 Å². The lowest BCUT2D eigenvalue weighted by Crippen LogP contribution is -2.26. The Labute approximate surface area is 114 Å². The molecule has 0 saturated carbocycles. The van der Waals surface area contributed by atoms with Gasteiger partial charge in [-0.15, -0.1) is 0 Å². The molecule has 0 saturated heterocycles. The Kier molecular flexibility index (Phi) is 3.54. The maximum atomic E-state index is 11.0. The van der Waals surface area contributed by atoms with Gasteiger partial charge < -0.3 is 14.7 Å². The van der Waals surface area contributed by atoms with Crippen LogP contribution in [0.15, 0.2) is 18.2 Å². The smallest absolute Gasteiger partial charge is 0.305 e. The molecule has 1 heterocycles. The van der Waals surface area contributed by atoms with Gasteiger partial charge in [-0.1, -0.05) is 18.2 Å². The Bertz CT molecular complexity index is 494. The van der Waals surface area contributed by atoms with Gasteiger partial charge in [0.15, 0.2) is 0 Å². The number of carbonyl (C=O) groups is 1. The molecule has 4 heteroatoms. The highest BCUT2D eigenvalue weighted by Crippen LogP contribution is 2.41. The number of benzene rings is 1. The van der Waals surface area contributed by atoms with Crippen LogP contribution in [0.2, 0.25) is 0 Å². The summed E-state index contributed by atoms with van der Waals surface area (Å²) in [6.45, 7) is 4.11. The summed E-state index contributed by atoms with van der Waals surface area (Å²) in [6.07, 6.45) is 0.941. The van der Waals surface area contributed by atoms with Gasteiger partial charge in [0.05, 0.1) is 6.42 Å². The summed E-state index contributed by atoms with van der Waals surface area (Å²) in [7, 11) is 3.79. The van der Waals surface area contributed by atoms with Crippen molar-refractivity contribution in [2.45, 2.75) is 38.3 Å². The van der Waals surface area contributed by atoms with Crippen LogP contribution in [-0.2, 0) is 11.2 Å². The molecule has 0 radical (unpaired) electrons. The van der Waals surface area contributed by atoms with Crippen molar-refractivity contribution < 1.29 is 14.6 Å². The zero-order chi connectivity index (χ0) is 14.2. The van der Waals surface area contributed by atoms with Crippen molar-refractivity contribution >= 4 is 5.97 Å². The molecular formula is C15H21NO3. The first-order valence-corrected chi connectivity index (χ1v) is 6.49. The summed E-state index contributed by atoms with van der Waals surface area (Å²) in [5, 5.41) is 9.08. The summed E-state index contributed by atoms with van der Waals surface area (Å²) in [5.74, 6) is 0.0704. The fraction of sp³-hybridized carbons (Fsp3) is 0.533. The molecule has 4 nitrogen and oxygen atoms in total. The van der Waals surface area contributed by atoms with Gasteiger partial charge in [0.2, 0.25) is 0 Å². The predicted molar refractivity (Wildman–Crippen MR) is 73.5 cm³/mol.